The lowest BCUT2D eigenvalue weighted by Crippen LogP contribution is -2.36. The first kappa shape index (κ1) is 20.8. The standard InChI is InChI=1S/C14H21NO3.2C2H6/c1-9-7-13(17)15(14(9)18)8-11-3-5-12(6-4-11)10(2)16;2*1-2/h9,11-12H,3-8H2,1-2H3;2*1-2H3. The Morgan fingerprint density at radius 3 is 1.91 bits per heavy atom. The monoisotopic (exact) mass is 311 g/mol. The molecule has 0 radical (unpaired) electrons. The molecule has 0 aromatic carbocycles. The summed E-state index contributed by atoms with van der Waals surface area (Å²) in [5, 5.41) is 0. The Morgan fingerprint density at radius 1 is 1.05 bits per heavy atom. The fourth-order valence-corrected chi connectivity index (χ4v) is 3.05. The van der Waals surface area contributed by atoms with Gasteiger partial charge in [-0.1, -0.05) is 34.6 Å². The van der Waals surface area contributed by atoms with E-state index in [1.165, 1.54) is 4.90 Å². The molecule has 1 aliphatic heterocycles. The number of amides is 2. The highest BCUT2D eigenvalue weighted by Crippen LogP contribution is 2.31. The molecule has 1 atom stereocenters. The van der Waals surface area contributed by atoms with Crippen molar-refractivity contribution < 1.29 is 14.4 Å². The number of Topliss-reactive ketones (excluding diaryl/α,β-unsaturated/α-hetero) is 1. The third-order valence-electron chi connectivity index (χ3n) is 4.33. The maximum absolute atomic E-state index is 11.8. The number of carbonyl (C=O) groups is 3. The molecule has 1 aliphatic carbocycles. The van der Waals surface area contributed by atoms with Crippen LogP contribution in [0.2, 0.25) is 0 Å². The van der Waals surface area contributed by atoms with Gasteiger partial charge >= 0.3 is 0 Å². The minimum absolute atomic E-state index is 0.0197. The second-order valence-electron chi connectivity index (χ2n) is 5.78. The highest BCUT2D eigenvalue weighted by atomic mass is 16.2. The van der Waals surface area contributed by atoms with E-state index < -0.39 is 0 Å². The van der Waals surface area contributed by atoms with Gasteiger partial charge < -0.3 is 0 Å². The van der Waals surface area contributed by atoms with E-state index in [-0.39, 0.29) is 29.4 Å². The number of carbonyl (C=O) groups excluding carboxylic acids is 3. The topological polar surface area (TPSA) is 54.5 Å². The summed E-state index contributed by atoms with van der Waals surface area (Å²) in [4.78, 5) is 36.2. The molecule has 1 saturated heterocycles. The zero-order chi connectivity index (χ0) is 17.3. The molecular weight excluding hydrogens is 278 g/mol. The number of nitrogens with zero attached hydrogens (tertiary/aromatic N) is 1. The van der Waals surface area contributed by atoms with Gasteiger partial charge in [-0.2, -0.15) is 0 Å². The Hall–Kier alpha value is -1.19. The van der Waals surface area contributed by atoms with Gasteiger partial charge in [0, 0.05) is 24.8 Å². The third kappa shape index (κ3) is 5.54. The molecule has 1 heterocycles. The van der Waals surface area contributed by atoms with Crippen LogP contribution < -0.4 is 0 Å². The molecule has 1 unspecified atom stereocenters. The van der Waals surface area contributed by atoms with Gasteiger partial charge in [-0.3, -0.25) is 19.3 Å². The maximum Gasteiger partial charge on any atom is 0.232 e. The average Bonchev–Trinajstić information content (AvgIpc) is 2.78. The van der Waals surface area contributed by atoms with E-state index >= 15 is 0 Å². The summed E-state index contributed by atoms with van der Waals surface area (Å²) < 4.78 is 0. The van der Waals surface area contributed by atoms with Crippen LogP contribution in [0.5, 0.6) is 0 Å². The van der Waals surface area contributed by atoms with Gasteiger partial charge in [0.1, 0.15) is 5.78 Å². The molecule has 0 bridgehead atoms. The second-order valence-corrected chi connectivity index (χ2v) is 5.78. The molecule has 0 aromatic heterocycles. The van der Waals surface area contributed by atoms with Gasteiger partial charge in [0.15, 0.2) is 0 Å². The van der Waals surface area contributed by atoms with Crippen molar-refractivity contribution in [2.75, 3.05) is 6.54 Å². The second kappa shape index (κ2) is 10.5. The molecule has 0 N–H and O–H groups in total. The zero-order valence-electron chi connectivity index (χ0n) is 15.1. The highest BCUT2D eigenvalue weighted by molar-refractivity contribution is 6.03. The van der Waals surface area contributed by atoms with Crippen LogP contribution in [0.15, 0.2) is 0 Å². The van der Waals surface area contributed by atoms with E-state index in [4.69, 9.17) is 0 Å². The molecule has 0 spiro atoms. The molecule has 2 amide bonds. The van der Waals surface area contributed by atoms with E-state index in [1.807, 2.05) is 34.6 Å². The van der Waals surface area contributed by atoms with Gasteiger partial charge in [0.05, 0.1) is 0 Å². The summed E-state index contributed by atoms with van der Waals surface area (Å²) in [5.41, 5.74) is 0. The molecule has 4 nitrogen and oxygen atoms in total. The Labute approximate surface area is 135 Å². The smallest absolute Gasteiger partial charge is 0.232 e. The number of imide groups is 1. The van der Waals surface area contributed by atoms with Crippen LogP contribution >= 0.6 is 0 Å². The number of likely N-dealkylation sites (tertiary alicyclic amines) is 1. The summed E-state index contributed by atoms with van der Waals surface area (Å²) in [6, 6.07) is 0. The molecule has 22 heavy (non-hydrogen) atoms. The molecule has 128 valence electrons. The first-order valence-corrected chi connectivity index (χ1v) is 8.83. The van der Waals surface area contributed by atoms with Crippen molar-refractivity contribution in [2.45, 2.75) is 73.6 Å². The Kier molecular flexibility index (Phi) is 9.95. The van der Waals surface area contributed by atoms with E-state index in [1.54, 1.807) is 6.92 Å². The molecule has 2 fully saturated rings. The van der Waals surface area contributed by atoms with E-state index in [2.05, 4.69) is 0 Å². The fraction of sp³-hybridized carbons (Fsp3) is 0.833. The summed E-state index contributed by atoms with van der Waals surface area (Å²) >= 11 is 0. The van der Waals surface area contributed by atoms with Crippen molar-refractivity contribution in [1.29, 1.82) is 0 Å². The number of hydrogen-bond acceptors (Lipinski definition) is 3. The van der Waals surface area contributed by atoms with Crippen molar-refractivity contribution in [3.8, 4) is 0 Å². The number of ketones is 1. The normalized spacial score (nSPS) is 27.5. The average molecular weight is 311 g/mol. The van der Waals surface area contributed by atoms with E-state index in [0.717, 1.165) is 25.7 Å². The summed E-state index contributed by atoms with van der Waals surface area (Å²) in [6.07, 6.45) is 4.09. The molecular formula is C18H33NO3. The molecule has 1 saturated carbocycles. The lowest BCUT2D eigenvalue weighted by Gasteiger charge is -2.29. The van der Waals surface area contributed by atoms with E-state index in [0.29, 0.717) is 18.9 Å². The third-order valence-corrected chi connectivity index (χ3v) is 4.33. The van der Waals surface area contributed by atoms with Crippen molar-refractivity contribution in [2.24, 2.45) is 17.8 Å². The van der Waals surface area contributed by atoms with Crippen LogP contribution in [0.3, 0.4) is 0 Å². The predicted molar refractivity (Wildman–Crippen MR) is 89.3 cm³/mol. The number of rotatable bonds is 3. The largest absolute Gasteiger partial charge is 0.300 e. The van der Waals surface area contributed by atoms with Crippen LogP contribution in [-0.4, -0.2) is 29.0 Å². The molecule has 2 rings (SSSR count). The van der Waals surface area contributed by atoms with Crippen molar-refractivity contribution in [3.63, 3.8) is 0 Å². The first-order valence-electron chi connectivity index (χ1n) is 8.83. The predicted octanol–water partition coefficient (Wildman–Crippen LogP) is 3.83. The van der Waals surface area contributed by atoms with Gasteiger partial charge in [0.25, 0.3) is 0 Å². The van der Waals surface area contributed by atoms with Crippen LogP contribution in [0.1, 0.15) is 73.6 Å². The zero-order valence-corrected chi connectivity index (χ0v) is 15.1. The van der Waals surface area contributed by atoms with Crippen LogP contribution in [0.25, 0.3) is 0 Å². The molecule has 0 aromatic rings. The van der Waals surface area contributed by atoms with Crippen LogP contribution in [0.4, 0.5) is 0 Å². The SMILES string of the molecule is CC.CC.CC(=O)C1CCC(CN2C(=O)CC(C)C2=O)CC1. The number of hydrogen-bond donors (Lipinski definition) is 0. The summed E-state index contributed by atoms with van der Waals surface area (Å²) in [7, 11) is 0. The lowest BCUT2D eigenvalue weighted by molar-refractivity contribution is -0.140. The molecule has 4 heteroatoms. The highest BCUT2D eigenvalue weighted by Gasteiger charge is 2.37. The Balaban J connectivity index is 0.00000102. The summed E-state index contributed by atoms with van der Waals surface area (Å²) in [6.45, 7) is 12.0. The van der Waals surface area contributed by atoms with Gasteiger partial charge in [-0.05, 0) is 38.5 Å². The quantitative estimate of drug-likeness (QED) is 0.744. The fourth-order valence-electron chi connectivity index (χ4n) is 3.05. The minimum atomic E-state index is -0.147. The van der Waals surface area contributed by atoms with Crippen LogP contribution in [0, 0.1) is 17.8 Å². The minimum Gasteiger partial charge on any atom is -0.300 e. The van der Waals surface area contributed by atoms with Crippen molar-refractivity contribution >= 4 is 17.6 Å². The van der Waals surface area contributed by atoms with Crippen molar-refractivity contribution in [3.05, 3.63) is 0 Å². The summed E-state index contributed by atoms with van der Waals surface area (Å²) in [5.74, 6) is 0.667. The van der Waals surface area contributed by atoms with Gasteiger partial charge in [-0.25, -0.2) is 0 Å². The lowest BCUT2D eigenvalue weighted by atomic mass is 9.80. The van der Waals surface area contributed by atoms with Crippen LogP contribution in [-0.2, 0) is 14.4 Å². The first-order chi connectivity index (χ1) is 10.5. The Bertz CT molecular complexity index is 371. The van der Waals surface area contributed by atoms with Gasteiger partial charge in [-0.15, -0.1) is 0 Å². The van der Waals surface area contributed by atoms with Crippen molar-refractivity contribution in [1.82, 2.24) is 4.90 Å². The molecule has 2 aliphatic rings. The van der Waals surface area contributed by atoms with Gasteiger partial charge in [0.2, 0.25) is 11.8 Å². The van der Waals surface area contributed by atoms with E-state index in [9.17, 15) is 14.4 Å². The Morgan fingerprint density at radius 2 is 1.55 bits per heavy atom. The maximum atomic E-state index is 11.8.